The minimum Gasteiger partial charge on any atom is -0.508 e. The van der Waals surface area contributed by atoms with Crippen LogP contribution in [-0.2, 0) is 0 Å². The molecule has 2 aromatic rings. The molecule has 0 aliphatic heterocycles. The first-order valence-corrected chi connectivity index (χ1v) is 6.64. The van der Waals surface area contributed by atoms with Gasteiger partial charge in [-0.3, -0.25) is 4.79 Å². The molecule has 0 aliphatic rings. The maximum absolute atomic E-state index is 12.0. The number of benzene rings is 2. The second-order valence-corrected chi connectivity index (χ2v) is 5.22. The van der Waals surface area contributed by atoms with E-state index in [0.29, 0.717) is 5.56 Å². The molecule has 0 fully saturated rings. The number of phenols is 1. The average Bonchev–Trinajstić information content (AvgIpc) is 2.36. The summed E-state index contributed by atoms with van der Waals surface area (Å²) in [5, 5.41) is 12.0. The first kappa shape index (κ1) is 13.6. The SMILES string of the molecule is Cc1cc(NC(=O)c2ccc(O)cc2)cc(C)c1Br. The fourth-order valence-corrected chi connectivity index (χ4v) is 2.06. The van der Waals surface area contributed by atoms with Crippen LogP contribution in [0.5, 0.6) is 5.75 Å². The van der Waals surface area contributed by atoms with Crippen molar-refractivity contribution in [2.75, 3.05) is 5.32 Å². The van der Waals surface area contributed by atoms with Crippen LogP contribution in [-0.4, -0.2) is 11.0 Å². The Balaban J connectivity index is 2.22. The summed E-state index contributed by atoms with van der Waals surface area (Å²) in [6.07, 6.45) is 0. The van der Waals surface area contributed by atoms with Crippen molar-refractivity contribution >= 4 is 27.5 Å². The molecule has 0 saturated heterocycles. The standard InChI is InChI=1S/C15H14BrNO2/c1-9-7-12(8-10(2)14(9)16)17-15(19)11-3-5-13(18)6-4-11/h3-8,18H,1-2H3,(H,17,19). The van der Waals surface area contributed by atoms with Gasteiger partial charge < -0.3 is 10.4 Å². The molecule has 2 N–H and O–H groups in total. The molecule has 0 bridgehead atoms. The van der Waals surface area contributed by atoms with Gasteiger partial charge in [-0.15, -0.1) is 0 Å². The average molecular weight is 320 g/mol. The number of halogens is 1. The highest BCUT2D eigenvalue weighted by molar-refractivity contribution is 9.10. The highest BCUT2D eigenvalue weighted by Crippen LogP contribution is 2.25. The van der Waals surface area contributed by atoms with Gasteiger partial charge in [0.15, 0.2) is 0 Å². The van der Waals surface area contributed by atoms with E-state index in [-0.39, 0.29) is 11.7 Å². The molecule has 0 atom stereocenters. The summed E-state index contributed by atoms with van der Waals surface area (Å²) in [5.41, 5.74) is 3.41. The van der Waals surface area contributed by atoms with E-state index in [2.05, 4.69) is 21.2 Å². The molecule has 1 amide bonds. The minimum absolute atomic E-state index is 0.145. The predicted molar refractivity (Wildman–Crippen MR) is 79.7 cm³/mol. The van der Waals surface area contributed by atoms with Gasteiger partial charge >= 0.3 is 0 Å². The molecule has 98 valence electrons. The zero-order valence-corrected chi connectivity index (χ0v) is 12.3. The number of anilines is 1. The summed E-state index contributed by atoms with van der Waals surface area (Å²) in [5.74, 6) is -0.0481. The number of rotatable bonds is 2. The van der Waals surface area contributed by atoms with Gasteiger partial charge in [0.25, 0.3) is 5.91 Å². The van der Waals surface area contributed by atoms with Gasteiger partial charge in [0.2, 0.25) is 0 Å². The van der Waals surface area contributed by atoms with Crippen LogP contribution in [0.25, 0.3) is 0 Å². The molecule has 2 rings (SSSR count). The monoisotopic (exact) mass is 319 g/mol. The van der Waals surface area contributed by atoms with Crippen molar-refractivity contribution in [2.45, 2.75) is 13.8 Å². The second kappa shape index (κ2) is 5.45. The maximum Gasteiger partial charge on any atom is 0.255 e. The second-order valence-electron chi connectivity index (χ2n) is 4.43. The van der Waals surface area contributed by atoms with E-state index >= 15 is 0 Å². The van der Waals surface area contributed by atoms with Crippen LogP contribution in [0.3, 0.4) is 0 Å². The predicted octanol–water partition coefficient (Wildman–Crippen LogP) is 4.02. The third-order valence-electron chi connectivity index (χ3n) is 2.82. The highest BCUT2D eigenvalue weighted by Gasteiger charge is 2.08. The van der Waals surface area contributed by atoms with Crippen molar-refractivity contribution in [1.82, 2.24) is 0 Å². The van der Waals surface area contributed by atoms with Crippen LogP contribution in [0.2, 0.25) is 0 Å². The van der Waals surface area contributed by atoms with Gasteiger partial charge in [-0.25, -0.2) is 0 Å². The van der Waals surface area contributed by atoms with Crippen LogP contribution in [0.1, 0.15) is 21.5 Å². The van der Waals surface area contributed by atoms with Crippen molar-refractivity contribution < 1.29 is 9.90 Å². The Morgan fingerprint density at radius 3 is 2.16 bits per heavy atom. The number of phenolic OH excluding ortho intramolecular Hbond substituents is 1. The van der Waals surface area contributed by atoms with E-state index in [1.807, 2.05) is 26.0 Å². The van der Waals surface area contributed by atoms with Crippen molar-refractivity contribution in [3.63, 3.8) is 0 Å². The van der Waals surface area contributed by atoms with Crippen molar-refractivity contribution in [2.24, 2.45) is 0 Å². The Hall–Kier alpha value is -1.81. The minimum atomic E-state index is -0.193. The molecule has 3 nitrogen and oxygen atoms in total. The van der Waals surface area contributed by atoms with Gasteiger partial charge in [-0.05, 0) is 61.4 Å². The number of carbonyl (C=O) groups is 1. The van der Waals surface area contributed by atoms with Crippen molar-refractivity contribution in [3.05, 3.63) is 57.6 Å². The lowest BCUT2D eigenvalue weighted by Crippen LogP contribution is -2.12. The van der Waals surface area contributed by atoms with Gasteiger partial charge in [0, 0.05) is 15.7 Å². The molecular weight excluding hydrogens is 306 g/mol. The highest BCUT2D eigenvalue weighted by atomic mass is 79.9. The maximum atomic E-state index is 12.0. The molecule has 0 saturated carbocycles. The summed E-state index contributed by atoms with van der Waals surface area (Å²) < 4.78 is 1.05. The fraction of sp³-hybridized carbons (Fsp3) is 0.133. The van der Waals surface area contributed by atoms with Crippen LogP contribution in [0, 0.1) is 13.8 Å². The largest absolute Gasteiger partial charge is 0.508 e. The van der Waals surface area contributed by atoms with Crippen LogP contribution in [0.4, 0.5) is 5.69 Å². The molecule has 2 aromatic carbocycles. The lowest BCUT2D eigenvalue weighted by Gasteiger charge is -2.09. The third-order valence-corrected chi connectivity index (χ3v) is 4.07. The normalized spacial score (nSPS) is 10.3. The number of carbonyl (C=O) groups excluding carboxylic acids is 1. The number of amides is 1. The molecule has 19 heavy (non-hydrogen) atoms. The van der Waals surface area contributed by atoms with E-state index in [4.69, 9.17) is 0 Å². The molecule has 0 heterocycles. The molecule has 0 aliphatic carbocycles. The Kier molecular flexibility index (Phi) is 3.90. The first-order valence-electron chi connectivity index (χ1n) is 5.84. The van der Waals surface area contributed by atoms with Gasteiger partial charge in [0.1, 0.15) is 5.75 Å². The van der Waals surface area contributed by atoms with E-state index in [9.17, 15) is 9.90 Å². The summed E-state index contributed by atoms with van der Waals surface area (Å²) >= 11 is 3.49. The zero-order chi connectivity index (χ0) is 14.0. The Labute approximate surface area is 120 Å². The number of aryl methyl sites for hydroxylation is 2. The lowest BCUT2D eigenvalue weighted by atomic mass is 10.1. The molecular formula is C15H14BrNO2. The Morgan fingerprint density at radius 1 is 1.11 bits per heavy atom. The number of hydrogen-bond donors (Lipinski definition) is 2. The molecule has 0 radical (unpaired) electrons. The smallest absolute Gasteiger partial charge is 0.255 e. The fourth-order valence-electron chi connectivity index (χ4n) is 1.83. The number of nitrogens with one attached hydrogen (secondary N) is 1. The van der Waals surface area contributed by atoms with Crippen LogP contribution < -0.4 is 5.32 Å². The van der Waals surface area contributed by atoms with Crippen molar-refractivity contribution in [3.8, 4) is 5.75 Å². The first-order chi connectivity index (χ1) is 8.97. The van der Waals surface area contributed by atoms with Gasteiger partial charge in [0.05, 0.1) is 0 Å². The zero-order valence-electron chi connectivity index (χ0n) is 10.7. The summed E-state index contributed by atoms with van der Waals surface area (Å²) in [7, 11) is 0. The van der Waals surface area contributed by atoms with E-state index < -0.39 is 0 Å². The Bertz CT molecular complexity index is 598. The van der Waals surface area contributed by atoms with Gasteiger partial charge in [-0.1, -0.05) is 15.9 Å². The quantitative estimate of drug-likeness (QED) is 0.878. The molecule has 4 heteroatoms. The van der Waals surface area contributed by atoms with E-state index in [1.165, 1.54) is 12.1 Å². The third kappa shape index (κ3) is 3.15. The summed E-state index contributed by atoms with van der Waals surface area (Å²) in [6, 6.07) is 9.98. The van der Waals surface area contributed by atoms with Crippen LogP contribution >= 0.6 is 15.9 Å². The summed E-state index contributed by atoms with van der Waals surface area (Å²) in [6.45, 7) is 3.96. The summed E-state index contributed by atoms with van der Waals surface area (Å²) in [4.78, 5) is 12.0. The van der Waals surface area contributed by atoms with E-state index in [0.717, 1.165) is 21.3 Å². The number of aromatic hydroxyl groups is 1. The molecule has 0 aromatic heterocycles. The van der Waals surface area contributed by atoms with E-state index in [1.54, 1.807) is 12.1 Å². The topological polar surface area (TPSA) is 49.3 Å². The van der Waals surface area contributed by atoms with Crippen molar-refractivity contribution in [1.29, 1.82) is 0 Å². The number of hydrogen-bond acceptors (Lipinski definition) is 2. The Morgan fingerprint density at radius 2 is 1.63 bits per heavy atom. The molecule has 0 spiro atoms. The lowest BCUT2D eigenvalue weighted by molar-refractivity contribution is 0.102. The van der Waals surface area contributed by atoms with Crippen LogP contribution in [0.15, 0.2) is 40.9 Å². The molecule has 0 unspecified atom stereocenters. The van der Waals surface area contributed by atoms with Gasteiger partial charge in [-0.2, -0.15) is 0 Å².